The average Bonchev–Trinajstić information content (AvgIpc) is 2.99. The van der Waals surface area contributed by atoms with E-state index in [1.807, 2.05) is 32.2 Å². The molecule has 28 heavy (non-hydrogen) atoms. The standard InChI is InChI=1S/C23H33N3O2/c1-17-23(20-15-19(28-3)9-10-21(20)24(17)2)22(27)16-25-11-13-26(14-12-25)18-7-5-4-6-8-18/h9-10,15,18H,4-8,11-14,16H2,1-3H3. The first-order valence-corrected chi connectivity index (χ1v) is 10.7. The third-order valence-electron chi connectivity index (χ3n) is 6.84. The summed E-state index contributed by atoms with van der Waals surface area (Å²) in [6.45, 7) is 6.74. The Morgan fingerprint density at radius 1 is 1.11 bits per heavy atom. The molecule has 4 rings (SSSR count). The number of rotatable bonds is 5. The van der Waals surface area contributed by atoms with Gasteiger partial charge in [0.05, 0.1) is 13.7 Å². The first-order valence-electron chi connectivity index (χ1n) is 10.7. The highest BCUT2D eigenvalue weighted by atomic mass is 16.5. The van der Waals surface area contributed by atoms with Gasteiger partial charge in [-0.1, -0.05) is 19.3 Å². The van der Waals surface area contributed by atoms with E-state index < -0.39 is 0 Å². The van der Waals surface area contributed by atoms with Gasteiger partial charge in [0.2, 0.25) is 0 Å². The minimum Gasteiger partial charge on any atom is -0.497 e. The first-order chi connectivity index (χ1) is 13.6. The fourth-order valence-electron chi connectivity index (χ4n) is 5.05. The lowest BCUT2D eigenvalue weighted by Crippen LogP contribution is -2.51. The number of hydrogen-bond acceptors (Lipinski definition) is 4. The number of hydrogen-bond donors (Lipinski definition) is 0. The van der Waals surface area contributed by atoms with Gasteiger partial charge in [0, 0.05) is 61.4 Å². The number of methoxy groups -OCH3 is 1. The molecule has 1 saturated heterocycles. The molecular weight excluding hydrogens is 350 g/mol. The maximum Gasteiger partial charge on any atom is 0.179 e. The molecule has 0 amide bonds. The smallest absolute Gasteiger partial charge is 0.179 e. The number of benzene rings is 1. The Kier molecular flexibility index (Phi) is 5.74. The molecule has 2 heterocycles. The predicted octanol–water partition coefficient (Wildman–Crippen LogP) is 3.63. The molecule has 0 unspecified atom stereocenters. The van der Waals surface area contributed by atoms with Crippen LogP contribution in [0, 0.1) is 6.92 Å². The van der Waals surface area contributed by atoms with Crippen molar-refractivity contribution in [3.63, 3.8) is 0 Å². The molecule has 2 aliphatic rings. The Labute approximate surface area is 168 Å². The van der Waals surface area contributed by atoms with E-state index in [0.29, 0.717) is 6.54 Å². The number of fused-ring (bicyclic) bond motifs is 1. The second-order valence-electron chi connectivity index (χ2n) is 8.43. The van der Waals surface area contributed by atoms with Crippen molar-refractivity contribution in [2.45, 2.75) is 45.1 Å². The second-order valence-corrected chi connectivity index (χ2v) is 8.43. The zero-order valence-corrected chi connectivity index (χ0v) is 17.5. The van der Waals surface area contributed by atoms with Gasteiger partial charge in [-0.3, -0.25) is 14.6 Å². The van der Waals surface area contributed by atoms with Crippen molar-refractivity contribution in [1.82, 2.24) is 14.4 Å². The number of piperazine rings is 1. The number of Topliss-reactive ketones (excluding diaryl/α,β-unsaturated/α-hetero) is 1. The molecule has 5 nitrogen and oxygen atoms in total. The van der Waals surface area contributed by atoms with Crippen molar-refractivity contribution in [2.24, 2.45) is 7.05 Å². The number of ether oxygens (including phenoxy) is 1. The third kappa shape index (κ3) is 3.70. The van der Waals surface area contributed by atoms with Gasteiger partial charge >= 0.3 is 0 Å². The van der Waals surface area contributed by atoms with Crippen molar-refractivity contribution >= 4 is 16.7 Å². The number of aryl methyl sites for hydroxylation is 1. The van der Waals surface area contributed by atoms with Crippen LogP contribution in [0.5, 0.6) is 5.75 Å². The molecule has 0 radical (unpaired) electrons. The van der Waals surface area contributed by atoms with E-state index in [0.717, 1.165) is 60.1 Å². The van der Waals surface area contributed by atoms with Gasteiger partial charge in [-0.15, -0.1) is 0 Å². The van der Waals surface area contributed by atoms with E-state index in [1.54, 1.807) is 7.11 Å². The van der Waals surface area contributed by atoms with Gasteiger partial charge in [-0.2, -0.15) is 0 Å². The van der Waals surface area contributed by atoms with E-state index in [1.165, 1.54) is 32.1 Å². The Balaban J connectivity index is 1.45. The summed E-state index contributed by atoms with van der Waals surface area (Å²) in [7, 11) is 3.70. The van der Waals surface area contributed by atoms with Crippen LogP contribution in [0.1, 0.15) is 48.2 Å². The Bertz CT molecular complexity index is 843. The third-order valence-corrected chi connectivity index (χ3v) is 6.84. The molecule has 1 saturated carbocycles. The van der Waals surface area contributed by atoms with Crippen LogP contribution in [0.25, 0.3) is 10.9 Å². The van der Waals surface area contributed by atoms with Crippen LogP contribution in [0.3, 0.4) is 0 Å². The first kappa shape index (κ1) is 19.5. The van der Waals surface area contributed by atoms with Crippen molar-refractivity contribution in [1.29, 1.82) is 0 Å². The highest BCUT2D eigenvalue weighted by molar-refractivity contribution is 6.10. The summed E-state index contributed by atoms with van der Waals surface area (Å²) in [5.74, 6) is 1.02. The summed E-state index contributed by atoms with van der Waals surface area (Å²) in [4.78, 5) is 18.2. The van der Waals surface area contributed by atoms with Crippen LogP contribution in [0.15, 0.2) is 18.2 Å². The zero-order chi connectivity index (χ0) is 19.7. The van der Waals surface area contributed by atoms with Crippen LogP contribution >= 0.6 is 0 Å². The molecule has 0 N–H and O–H groups in total. The highest BCUT2D eigenvalue weighted by Crippen LogP contribution is 2.29. The Morgan fingerprint density at radius 2 is 1.82 bits per heavy atom. The highest BCUT2D eigenvalue weighted by Gasteiger charge is 2.27. The maximum absolute atomic E-state index is 13.2. The topological polar surface area (TPSA) is 37.7 Å². The summed E-state index contributed by atoms with van der Waals surface area (Å²) in [6, 6.07) is 6.78. The molecule has 1 aromatic heterocycles. The summed E-state index contributed by atoms with van der Waals surface area (Å²) < 4.78 is 7.50. The van der Waals surface area contributed by atoms with Crippen LogP contribution in [-0.4, -0.2) is 66.0 Å². The normalized spacial score (nSPS) is 20.0. The lowest BCUT2D eigenvalue weighted by atomic mass is 9.94. The summed E-state index contributed by atoms with van der Waals surface area (Å²) in [5, 5.41) is 1.00. The van der Waals surface area contributed by atoms with E-state index in [4.69, 9.17) is 4.74 Å². The lowest BCUT2D eigenvalue weighted by molar-refractivity contribution is 0.0691. The summed E-state index contributed by atoms with van der Waals surface area (Å²) in [6.07, 6.45) is 6.88. The molecule has 0 atom stereocenters. The van der Waals surface area contributed by atoms with Gasteiger partial charge < -0.3 is 9.30 Å². The lowest BCUT2D eigenvalue weighted by Gasteiger charge is -2.40. The molecule has 0 spiro atoms. The number of aromatic nitrogens is 1. The van der Waals surface area contributed by atoms with E-state index in [9.17, 15) is 4.79 Å². The Hall–Kier alpha value is -1.85. The van der Waals surface area contributed by atoms with Crippen LogP contribution in [-0.2, 0) is 7.05 Å². The van der Waals surface area contributed by atoms with Gasteiger partial charge in [-0.25, -0.2) is 0 Å². The number of carbonyl (C=O) groups is 1. The molecule has 1 aliphatic heterocycles. The average molecular weight is 384 g/mol. The molecular formula is C23H33N3O2. The van der Waals surface area contributed by atoms with Gasteiger partial charge in [-0.05, 0) is 38.0 Å². The number of nitrogens with zero attached hydrogens (tertiary/aromatic N) is 3. The fourth-order valence-corrected chi connectivity index (χ4v) is 5.05. The minimum absolute atomic E-state index is 0.225. The van der Waals surface area contributed by atoms with E-state index >= 15 is 0 Å². The van der Waals surface area contributed by atoms with Crippen molar-refractivity contribution in [3.05, 3.63) is 29.5 Å². The van der Waals surface area contributed by atoms with Crippen molar-refractivity contribution in [3.8, 4) is 5.75 Å². The molecule has 1 aliphatic carbocycles. The fraction of sp³-hybridized carbons (Fsp3) is 0.609. The summed E-state index contributed by atoms with van der Waals surface area (Å²) >= 11 is 0. The van der Waals surface area contributed by atoms with Crippen molar-refractivity contribution < 1.29 is 9.53 Å². The maximum atomic E-state index is 13.2. The molecule has 152 valence electrons. The predicted molar refractivity (Wildman–Crippen MR) is 113 cm³/mol. The SMILES string of the molecule is COc1ccc2c(c1)c(C(=O)CN1CCN(C3CCCCC3)CC1)c(C)n2C. The van der Waals surface area contributed by atoms with E-state index in [2.05, 4.69) is 14.4 Å². The molecule has 2 aromatic rings. The summed E-state index contributed by atoms with van der Waals surface area (Å²) in [5.41, 5.74) is 2.98. The van der Waals surface area contributed by atoms with Gasteiger partial charge in [0.25, 0.3) is 0 Å². The minimum atomic E-state index is 0.225. The van der Waals surface area contributed by atoms with Gasteiger partial charge in [0.1, 0.15) is 5.75 Å². The quantitative estimate of drug-likeness (QED) is 0.739. The molecule has 5 heteroatoms. The zero-order valence-electron chi connectivity index (χ0n) is 17.5. The Morgan fingerprint density at radius 3 is 2.50 bits per heavy atom. The van der Waals surface area contributed by atoms with Crippen LogP contribution in [0.4, 0.5) is 0 Å². The molecule has 2 fully saturated rings. The number of carbonyl (C=O) groups excluding carboxylic acids is 1. The van der Waals surface area contributed by atoms with Crippen LogP contribution in [0.2, 0.25) is 0 Å². The van der Waals surface area contributed by atoms with Gasteiger partial charge in [0.15, 0.2) is 5.78 Å². The monoisotopic (exact) mass is 383 g/mol. The molecule has 1 aromatic carbocycles. The largest absolute Gasteiger partial charge is 0.497 e. The second kappa shape index (κ2) is 8.26. The van der Waals surface area contributed by atoms with E-state index in [-0.39, 0.29) is 5.78 Å². The van der Waals surface area contributed by atoms with Crippen LogP contribution < -0.4 is 4.74 Å². The number of ketones is 1. The molecule has 0 bridgehead atoms. The van der Waals surface area contributed by atoms with Crippen molar-refractivity contribution in [2.75, 3.05) is 39.8 Å².